The third-order valence-electron chi connectivity index (χ3n) is 4.56. The molecular formula is C18H21NO5. The van der Waals surface area contributed by atoms with E-state index < -0.39 is 41.3 Å². The van der Waals surface area contributed by atoms with E-state index in [4.69, 9.17) is 9.47 Å². The number of nitrogens with zero attached hydrogens (tertiary/aromatic N) is 1. The fourth-order valence-electron chi connectivity index (χ4n) is 3.45. The molecule has 0 aromatic heterocycles. The average Bonchev–Trinajstić information content (AvgIpc) is 3.10. The zero-order valence-corrected chi connectivity index (χ0v) is 14.0. The molecular weight excluding hydrogens is 310 g/mol. The minimum atomic E-state index is -0.745. The lowest BCUT2D eigenvalue weighted by molar-refractivity contribution is -0.147. The highest BCUT2D eigenvalue weighted by Crippen LogP contribution is 2.48. The minimum Gasteiger partial charge on any atom is -0.456 e. The first kappa shape index (κ1) is 16.5. The fraction of sp³-hybridized carbons (Fsp3) is 0.500. The van der Waals surface area contributed by atoms with Crippen LogP contribution in [0, 0.1) is 17.3 Å². The van der Waals surface area contributed by atoms with Crippen LogP contribution < -0.4 is 0 Å². The van der Waals surface area contributed by atoms with E-state index in [-0.39, 0.29) is 13.2 Å². The van der Waals surface area contributed by atoms with E-state index in [2.05, 4.69) is 0 Å². The van der Waals surface area contributed by atoms with E-state index in [0.29, 0.717) is 0 Å². The molecule has 0 unspecified atom stereocenters. The van der Waals surface area contributed by atoms with E-state index in [1.165, 1.54) is 0 Å². The molecule has 1 aromatic carbocycles. The zero-order chi connectivity index (χ0) is 17.5. The van der Waals surface area contributed by atoms with Crippen LogP contribution in [0.2, 0.25) is 0 Å². The maximum atomic E-state index is 13.0. The maximum absolute atomic E-state index is 13.0. The Kier molecular flexibility index (Phi) is 4.07. The van der Waals surface area contributed by atoms with Crippen LogP contribution in [0.5, 0.6) is 0 Å². The maximum Gasteiger partial charge on any atom is 0.416 e. The molecule has 3 atom stereocenters. The van der Waals surface area contributed by atoms with Crippen LogP contribution >= 0.6 is 0 Å². The molecule has 128 valence electrons. The van der Waals surface area contributed by atoms with Gasteiger partial charge in [-0.3, -0.25) is 9.59 Å². The standard InChI is InChI=1S/C18H21NO5/c1-18(2,3)13-12(15(20)19-9-10-23-17(19)22)14(24-16(13)21)11-7-5-4-6-8-11/h4-8,12-14H,9-10H2,1-3H3/t12-,13+,14+/m1/s1. The molecule has 0 saturated carbocycles. The van der Waals surface area contributed by atoms with E-state index in [1.807, 2.05) is 51.1 Å². The lowest BCUT2D eigenvalue weighted by atomic mass is 9.71. The van der Waals surface area contributed by atoms with Crippen LogP contribution in [0.15, 0.2) is 30.3 Å². The van der Waals surface area contributed by atoms with Crippen molar-refractivity contribution in [3.05, 3.63) is 35.9 Å². The second-order valence-electron chi connectivity index (χ2n) is 7.24. The molecule has 2 aliphatic rings. The Hall–Kier alpha value is -2.37. The number of hydrogen-bond acceptors (Lipinski definition) is 5. The minimum absolute atomic E-state index is 0.183. The molecule has 2 amide bonds. The SMILES string of the molecule is CC(C)(C)[C@@H]1C(=O)O[C@@H](c2ccccc2)[C@@H]1C(=O)N1CCOC1=O. The van der Waals surface area contributed by atoms with Gasteiger partial charge in [-0.1, -0.05) is 51.1 Å². The molecule has 2 aliphatic heterocycles. The van der Waals surface area contributed by atoms with Crippen LogP contribution in [0.1, 0.15) is 32.4 Å². The van der Waals surface area contributed by atoms with Gasteiger partial charge in [0.2, 0.25) is 5.91 Å². The van der Waals surface area contributed by atoms with Gasteiger partial charge in [0.05, 0.1) is 18.4 Å². The molecule has 6 nitrogen and oxygen atoms in total. The van der Waals surface area contributed by atoms with Gasteiger partial charge in [-0.05, 0) is 11.0 Å². The molecule has 2 saturated heterocycles. The van der Waals surface area contributed by atoms with E-state index in [0.717, 1.165) is 10.5 Å². The zero-order valence-electron chi connectivity index (χ0n) is 14.0. The summed E-state index contributed by atoms with van der Waals surface area (Å²) in [6.45, 7) is 6.08. The van der Waals surface area contributed by atoms with Gasteiger partial charge >= 0.3 is 12.1 Å². The Morgan fingerprint density at radius 1 is 1.17 bits per heavy atom. The highest BCUT2D eigenvalue weighted by molar-refractivity contribution is 5.98. The number of imide groups is 1. The molecule has 24 heavy (non-hydrogen) atoms. The summed E-state index contributed by atoms with van der Waals surface area (Å²) in [6.07, 6.45) is -1.34. The number of carbonyl (C=O) groups is 3. The summed E-state index contributed by atoms with van der Waals surface area (Å²) in [6, 6.07) is 9.17. The van der Waals surface area contributed by atoms with Crippen molar-refractivity contribution < 1.29 is 23.9 Å². The van der Waals surface area contributed by atoms with Crippen molar-refractivity contribution in [1.82, 2.24) is 4.90 Å². The molecule has 0 aliphatic carbocycles. The summed E-state index contributed by atoms with van der Waals surface area (Å²) in [4.78, 5) is 38.4. The molecule has 2 heterocycles. The monoisotopic (exact) mass is 331 g/mol. The van der Waals surface area contributed by atoms with E-state index in [1.54, 1.807) is 0 Å². The van der Waals surface area contributed by atoms with Crippen molar-refractivity contribution in [2.24, 2.45) is 17.3 Å². The van der Waals surface area contributed by atoms with Crippen molar-refractivity contribution >= 4 is 18.0 Å². The van der Waals surface area contributed by atoms with Crippen molar-refractivity contribution in [1.29, 1.82) is 0 Å². The third-order valence-corrected chi connectivity index (χ3v) is 4.56. The number of benzene rings is 1. The summed E-state index contributed by atoms with van der Waals surface area (Å²) >= 11 is 0. The average molecular weight is 331 g/mol. The Balaban J connectivity index is 2.01. The highest BCUT2D eigenvalue weighted by Gasteiger charge is 2.56. The Labute approximate surface area is 140 Å². The smallest absolute Gasteiger partial charge is 0.416 e. The van der Waals surface area contributed by atoms with Gasteiger partial charge in [0.15, 0.2) is 0 Å². The number of amides is 2. The van der Waals surface area contributed by atoms with Crippen LogP contribution in [-0.4, -0.2) is 36.0 Å². The summed E-state index contributed by atoms with van der Waals surface area (Å²) in [5.74, 6) is -2.17. The highest BCUT2D eigenvalue weighted by atomic mass is 16.6. The van der Waals surface area contributed by atoms with Gasteiger partial charge in [0.25, 0.3) is 0 Å². The second kappa shape index (κ2) is 5.92. The predicted octanol–water partition coefficient (Wildman–Crippen LogP) is 2.54. The number of ether oxygens (including phenoxy) is 2. The number of cyclic esters (lactones) is 2. The number of rotatable bonds is 2. The van der Waals surface area contributed by atoms with Crippen LogP contribution in [0.25, 0.3) is 0 Å². The number of carbonyl (C=O) groups excluding carboxylic acids is 3. The lowest BCUT2D eigenvalue weighted by Gasteiger charge is -2.30. The van der Waals surface area contributed by atoms with Crippen LogP contribution in [0.3, 0.4) is 0 Å². The summed E-state index contributed by atoms with van der Waals surface area (Å²) in [7, 11) is 0. The molecule has 3 rings (SSSR count). The molecule has 2 fully saturated rings. The van der Waals surface area contributed by atoms with Gasteiger partial charge in [0.1, 0.15) is 12.7 Å². The lowest BCUT2D eigenvalue weighted by Crippen LogP contribution is -2.43. The second-order valence-corrected chi connectivity index (χ2v) is 7.24. The normalized spacial score (nSPS) is 27.1. The van der Waals surface area contributed by atoms with Crippen LogP contribution in [0.4, 0.5) is 4.79 Å². The van der Waals surface area contributed by atoms with E-state index >= 15 is 0 Å². The largest absolute Gasteiger partial charge is 0.456 e. The number of esters is 1. The summed E-state index contributed by atoms with van der Waals surface area (Å²) in [5.41, 5.74) is 0.286. The van der Waals surface area contributed by atoms with Crippen molar-refractivity contribution in [2.45, 2.75) is 26.9 Å². The van der Waals surface area contributed by atoms with Gasteiger partial charge in [-0.2, -0.15) is 0 Å². The summed E-state index contributed by atoms with van der Waals surface area (Å²) in [5, 5.41) is 0. The van der Waals surface area contributed by atoms with Gasteiger partial charge < -0.3 is 9.47 Å². The topological polar surface area (TPSA) is 72.9 Å². The molecule has 0 bridgehead atoms. The molecule has 1 aromatic rings. The Bertz CT molecular complexity index is 664. The first-order valence-corrected chi connectivity index (χ1v) is 8.04. The number of hydrogen-bond donors (Lipinski definition) is 0. The van der Waals surface area contributed by atoms with Gasteiger partial charge in [-0.15, -0.1) is 0 Å². The summed E-state index contributed by atoms with van der Waals surface area (Å²) < 4.78 is 10.5. The van der Waals surface area contributed by atoms with Gasteiger partial charge in [-0.25, -0.2) is 9.69 Å². The van der Waals surface area contributed by atoms with Crippen molar-refractivity contribution in [3.63, 3.8) is 0 Å². The Morgan fingerprint density at radius 3 is 2.38 bits per heavy atom. The van der Waals surface area contributed by atoms with E-state index in [9.17, 15) is 14.4 Å². The quantitative estimate of drug-likeness (QED) is 0.779. The van der Waals surface area contributed by atoms with Crippen molar-refractivity contribution in [3.8, 4) is 0 Å². The molecule has 0 radical (unpaired) electrons. The molecule has 0 spiro atoms. The fourth-order valence-corrected chi connectivity index (χ4v) is 3.45. The first-order valence-electron chi connectivity index (χ1n) is 8.04. The van der Waals surface area contributed by atoms with Crippen molar-refractivity contribution in [2.75, 3.05) is 13.2 Å². The molecule has 6 heteroatoms. The van der Waals surface area contributed by atoms with Gasteiger partial charge in [0, 0.05) is 0 Å². The predicted molar refractivity (Wildman–Crippen MR) is 84.8 cm³/mol. The first-order chi connectivity index (χ1) is 11.3. The molecule has 0 N–H and O–H groups in total. The Morgan fingerprint density at radius 2 is 1.83 bits per heavy atom. The van der Waals surface area contributed by atoms with Crippen LogP contribution in [-0.2, 0) is 19.1 Å². The third kappa shape index (κ3) is 2.77.